The van der Waals surface area contributed by atoms with Gasteiger partial charge in [-0.15, -0.1) is 11.6 Å². The zero-order chi connectivity index (χ0) is 11.8. The summed E-state index contributed by atoms with van der Waals surface area (Å²) < 4.78 is 2.91. The lowest BCUT2D eigenvalue weighted by Gasteiger charge is -2.03. The summed E-state index contributed by atoms with van der Waals surface area (Å²) in [5.74, 6) is 1.18. The van der Waals surface area contributed by atoms with Crippen molar-refractivity contribution in [2.75, 3.05) is 0 Å². The molecule has 0 aliphatic heterocycles. The number of rotatable bonds is 2. The Bertz CT molecular complexity index is 663. The van der Waals surface area contributed by atoms with E-state index in [1.165, 1.54) is 0 Å². The minimum Gasteiger partial charge on any atom is -0.279 e. The van der Waals surface area contributed by atoms with Crippen molar-refractivity contribution in [2.45, 2.75) is 5.88 Å². The third kappa shape index (κ3) is 1.88. The second-order valence-electron chi connectivity index (χ2n) is 3.47. The molecule has 0 saturated carbocycles. The Morgan fingerprint density at radius 1 is 1.47 bits per heavy atom. The van der Waals surface area contributed by atoms with Crippen molar-refractivity contribution in [3.05, 3.63) is 39.4 Å². The molecule has 3 rings (SSSR count). The van der Waals surface area contributed by atoms with Crippen molar-refractivity contribution >= 4 is 50.0 Å². The van der Waals surface area contributed by atoms with Crippen LogP contribution in [0.2, 0.25) is 0 Å². The Labute approximate surface area is 115 Å². The standard InChI is InChI=1S/C11H7BrClN3S/c12-7-3-9-11(14-5-7)16(10(4-13)15-9)8-1-2-17-6-8/h1-3,5-6H,4H2. The van der Waals surface area contributed by atoms with Crippen LogP contribution in [-0.2, 0) is 5.88 Å². The maximum Gasteiger partial charge on any atom is 0.164 e. The Hall–Kier alpha value is -0.910. The summed E-state index contributed by atoms with van der Waals surface area (Å²) in [7, 11) is 0. The summed E-state index contributed by atoms with van der Waals surface area (Å²) >= 11 is 11.0. The van der Waals surface area contributed by atoms with Crippen LogP contribution in [0.3, 0.4) is 0 Å². The number of imidazole rings is 1. The van der Waals surface area contributed by atoms with E-state index in [9.17, 15) is 0 Å². The predicted octanol–water partition coefficient (Wildman–Crippen LogP) is 3.98. The van der Waals surface area contributed by atoms with Gasteiger partial charge in [0.15, 0.2) is 5.65 Å². The van der Waals surface area contributed by atoms with Crippen LogP contribution in [0, 0.1) is 0 Å². The van der Waals surface area contributed by atoms with Gasteiger partial charge < -0.3 is 0 Å². The van der Waals surface area contributed by atoms with E-state index in [1.54, 1.807) is 17.5 Å². The maximum absolute atomic E-state index is 5.94. The Kier molecular flexibility index (Phi) is 2.90. The van der Waals surface area contributed by atoms with Crippen LogP contribution in [0.5, 0.6) is 0 Å². The lowest BCUT2D eigenvalue weighted by Crippen LogP contribution is -1.98. The highest BCUT2D eigenvalue weighted by Crippen LogP contribution is 2.24. The molecule has 0 saturated heterocycles. The van der Waals surface area contributed by atoms with Crippen molar-refractivity contribution in [2.24, 2.45) is 0 Å². The maximum atomic E-state index is 5.94. The third-order valence-corrected chi connectivity index (χ3v) is 3.76. The van der Waals surface area contributed by atoms with Crippen molar-refractivity contribution < 1.29 is 0 Å². The average molecular weight is 329 g/mol. The second kappa shape index (κ2) is 4.40. The molecule has 3 heterocycles. The summed E-state index contributed by atoms with van der Waals surface area (Å²) in [6, 6.07) is 3.98. The van der Waals surface area contributed by atoms with E-state index < -0.39 is 0 Å². The molecule has 0 bridgehead atoms. The molecular weight excluding hydrogens is 322 g/mol. The van der Waals surface area contributed by atoms with Crippen LogP contribution < -0.4 is 0 Å². The van der Waals surface area contributed by atoms with E-state index in [1.807, 2.05) is 22.1 Å². The van der Waals surface area contributed by atoms with Gasteiger partial charge in [0.05, 0.1) is 11.6 Å². The van der Waals surface area contributed by atoms with Crippen molar-refractivity contribution in [3.8, 4) is 5.69 Å². The largest absolute Gasteiger partial charge is 0.279 e. The summed E-state index contributed by atoms with van der Waals surface area (Å²) in [6.45, 7) is 0. The van der Waals surface area contributed by atoms with Crippen molar-refractivity contribution in [3.63, 3.8) is 0 Å². The summed E-state index contributed by atoms with van der Waals surface area (Å²) in [5, 5.41) is 4.08. The first-order valence-electron chi connectivity index (χ1n) is 4.91. The molecule has 0 N–H and O–H groups in total. The summed E-state index contributed by atoms with van der Waals surface area (Å²) in [4.78, 5) is 8.90. The fourth-order valence-corrected chi connectivity index (χ4v) is 2.85. The number of hydrogen-bond acceptors (Lipinski definition) is 3. The molecule has 0 fully saturated rings. The number of alkyl halides is 1. The number of halogens is 2. The van der Waals surface area contributed by atoms with Crippen LogP contribution in [-0.4, -0.2) is 14.5 Å². The van der Waals surface area contributed by atoms with E-state index in [-0.39, 0.29) is 0 Å². The highest BCUT2D eigenvalue weighted by Gasteiger charge is 2.13. The van der Waals surface area contributed by atoms with Crippen LogP contribution >= 0.6 is 38.9 Å². The number of fused-ring (bicyclic) bond motifs is 1. The fourth-order valence-electron chi connectivity index (χ4n) is 1.73. The topological polar surface area (TPSA) is 30.7 Å². The van der Waals surface area contributed by atoms with E-state index in [0.717, 1.165) is 27.1 Å². The van der Waals surface area contributed by atoms with Gasteiger partial charge in [0.1, 0.15) is 11.3 Å². The number of nitrogens with zero attached hydrogens (tertiary/aromatic N) is 3. The van der Waals surface area contributed by atoms with E-state index in [2.05, 4.69) is 31.3 Å². The molecule has 0 aromatic carbocycles. The predicted molar refractivity (Wildman–Crippen MR) is 74.0 cm³/mol. The first kappa shape index (κ1) is 11.2. The molecular formula is C11H7BrClN3S. The lowest BCUT2D eigenvalue weighted by molar-refractivity contribution is 0.974. The fraction of sp³-hybridized carbons (Fsp3) is 0.0909. The Morgan fingerprint density at radius 3 is 3.06 bits per heavy atom. The number of pyridine rings is 1. The van der Waals surface area contributed by atoms with Gasteiger partial charge in [0, 0.05) is 16.0 Å². The van der Waals surface area contributed by atoms with Crippen molar-refractivity contribution in [1.29, 1.82) is 0 Å². The monoisotopic (exact) mass is 327 g/mol. The van der Waals surface area contributed by atoms with Gasteiger partial charge in [-0.05, 0) is 33.4 Å². The SMILES string of the molecule is ClCc1nc2cc(Br)cnc2n1-c1ccsc1. The summed E-state index contributed by atoms with van der Waals surface area (Å²) in [5.41, 5.74) is 2.74. The molecule has 3 nitrogen and oxygen atoms in total. The van der Waals surface area contributed by atoms with E-state index >= 15 is 0 Å². The molecule has 0 aliphatic rings. The minimum absolute atomic E-state index is 0.365. The quantitative estimate of drug-likeness (QED) is 0.666. The molecule has 0 unspecified atom stereocenters. The third-order valence-electron chi connectivity index (χ3n) is 2.42. The van der Waals surface area contributed by atoms with Crippen LogP contribution in [0.25, 0.3) is 16.9 Å². The second-order valence-corrected chi connectivity index (χ2v) is 5.44. The first-order chi connectivity index (χ1) is 8.29. The number of thiophene rings is 1. The molecule has 3 aromatic heterocycles. The van der Waals surface area contributed by atoms with Gasteiger partial charge in [0.25, 0.3) is 0 Å². The van der Waals surface area contributed by atoms with Crippen LogP contribution in [0.1, 0.15) is 5.82 Å². The Balaban J connectivity index is 2.35. The van der Waals surface area contributed by atoms with Crippen LogP contribution in [0.4, 0.5) is 0 Å². The smallest absolute Gasteiger partial charge is 0.164 e. The van der Waals surface area contributed by atoms with E-state index in [4.69, 9.17) is 11.6 Å². The molecule has 0 radical (unpaired) electrons. The molecule has 6 heteroatoms. The van der Waals surface area contributed by atoms with E-state index in [0.29, 0.717) is 5.88 Å². The summed E-state index contributed by atoms with van der Waals surface area (Å²) in [6.07, 6.45) is 1.77. The molecule has 0 amide bonds. The molecule has 0 spiro atoms. The average Bonchev–Trinajstić information content (AvgIpc) is 2.93. The molecule has 86 valence electrons. The van der Waals surface area contributed by atoms with Gasteiger partial charge in [-0.3, -0.25) is 4.57 Å². The normalized spacial score (nSPS) is 11.2. The van der Waals surface area contributed by atoms with Crippen LogP contribution in [0.15, 0.2) is 33.6 Å². The van der Waals surface area contributed by atoms with Gasteiger partial charge in [-0.1, -0.05) is 0 Å². The molecule has 0 atom stereocenters. The highest BCUT2D eigenvalue weighted by molar-refractivity contribution is 9.10. The van der Waals surface area contributed by atoms with Crippen molar-refractivity contribution in [1.82, 2.24) is 14.5 Å². The zero-order valence-corrected chi connectivity index (χ0v) is 11.8. The Morgan fingerprint density at radius 2 is 2.35 bits per heavy atom. The molecule has 0 aliphatic carbocycles. The first-order valence-corrected chi connectivity index (χ1v) is 7.18. The van der Waals surface area contributed by atoms with Gasteiger partial charge >= 0.3 is 0 Å². The highest BCUT2D eigenvalue weighted by atomic mass is 79.9. The van der Waals surface area contributed by atoms with Gasteiger partial charge in [0.2, 0.25) is 0 Å². The number of hydrogen-bond donors (Lipinski definition) is 0. The number of aromatic nitrogens is 3. The minimum atomic E-state index is 0.365. The lowest BCUT2D eigenvalue weighted by atomic mass is 10.4. The zero-order valence-electron chi connectivity index (χ0n) is 8.60. The molecule has 3 aromatic rings. The van der Waals surface area contributed by atoms with Gasteiger partial charge in [-0.2, -0.15) is 11.3 Å². The molecule has 17 heavy (non-hydrogen) atoms. The van der Waals surface area contributed by atoms with Gasteiger partial charge in [-0.25, -0.2) is 9.97 Å².